The van der Waals surface area contributed by atoms with Crippen LogP contribution in [0.25, 0.3) is 0 Å². The van der Waals surface area contributed by atoms with Crippen molar-refractivity contribution < 1.29 is 17.2 Å². The van der Waals surface area contributed by atoms with E-state index in [9.17, 15) is 8.42 Å². The molecule has 13 heavy (non-hydrogen) atoms. The summed E-state index contributed by atoms with van der Waals surface area (Å²) >= 11 is 5.52. The van der Waals surface area contributed by atoms with Crippen molar-refractivity contribution in [3.05, 3.63) is 29.3 Å². The summed E-state index contributed by atoms with van der Waals surface area (Å²) in [6.07, 6.45) is 0. The Hall–Kier alpha value is 0.220. The maximum atomic E-state index is 10.2. The Kier molecular flexibility index (Phi) is 5.28. The molecule has 0 saturated heterocycles. The van der Waals surface area contributed by atoms with Gasteiger partial charge in [-0.25, -0.2) is 0 Å². The average molecular weight is 233 g/mol. The predicted octanol–water partition coefficient (Wildman–Crippen LogP) is 0.873. The van der Waals surface area contributed by atoms with E-state index in [-0.39, 0.29) is 35.3 Å². The predicted molar refractivity (Wildman–Crippen MR) is 50.8 cm³/mol. The normalized spacial score (nSPS) is 10.3. The van der Waals surface area contributed by atoms with Crippen LogP contribution in [-0.4, -0.2) is 42.5 Å². The summed E-state index contributed by atoms with van der Waals surface area (Å²) in [4.78, 5) is 0. The molecule has 0 unspecified atom stereocenters. The van der Waals surface area contributed by atoms with E-state index in [1.807, 2.05) is 0 Å². The van der Waals surface area contributed by atoms with Gasteiger partial charge in [0.25, 0.3) is 0 Å². The van der Waals surface area contributed by atoms with Crippen LogP contribution in [0, 0.1) is 0 Å². The van der Waals surface area contributed by atoms with Crippen LogP contribution >= 0.6 is 11.6 Å². The summed E-state index contributed by atoms with van der Waals surface area (Å²) in [6.45, 7) is 0. The summed E-state index contributed by atoms with van der Waals surface area (Å²) in [5.74, 6) is -0.0231. The molecule has 7 heteroatoms. The van der Waals surface area contributed by atoms with Gasteiger partial charge >= 0.3 is 40.0 Å². The summed E-state index contributed by atoms with van der Waals surface area (Å²) < 4.78 is 32.8. The number of hydrogen-bond acceptors (Lipinski definition) is 3. The van der Waals surface area contributed by atoms with E-state index in [4.69, 9.17) is 16.2 Å². The second-order valence-corrected chi connectivity index (χ2v) is 3.43. The van der Waals surface area contributed by atoms with Crippen LogP contribution in [-0.2, 0) is 10.4 Å². The summed E-state index contributed by atoms with van der Waals surface area (Å²) in [7, 11) is -4.45. The Morgan fingerprint density at radius 1 is 1.38 bits per heavy atom. The van der Waals surface area contributed by atoms with E-state index in [0.717, 1.165) is 0 Å². The number of rotatable bonds is 2. The molecule has 0 aliphatic rings. The fraction of sp³-hybridized carbons (Fsp3) is 0. The Balaban J connectivity index is 0.00000144. The van der Waals surface area contributed by atoms with Crippen molar-refractivity contribution in [3.63, 3.8) is 0 Å². The van der Waals surface area contributed by atoms with Gasteiger partial charge in [-0.1, -0.05) is 17.7 Å². The molecule has 68 valence electrons. The SMILES string of the molecule is O=S(=O)(O)Oc1cccc(Cl)c1.[NaH]. The quantitative estimate of drug-likeness (QED) is 0.607. The van der Waals surface area contributed by atoms with Gasteiger partial charge in [-0.2, -0.15) is 8.42 Å². The van der Waals surface area contributed by atoms with Crippen molar-refractivity contribution in [2.45, 2.75) is 0 Å². The van der Waals surface area contributed by atoms with Crippen LogP contribution in [0.1, 0.15) is 0 Å². The number of halogens is 1. The van der Waals surface area contributed by atoms with Gasteiger partial charge in [0.1, 0.15) is 5.75 Å². The van der Waals surface area contributed by atoms with Crippen molar-refractivity contribution in [1.29, 1.82) is 0 Å². The molecule has 0 aliphatic carbocycles. The van der Waals surface area contributed by atoms with Crippen molar-refractivity contribution in [1.82, 2.24) is 0 Å². The van der Waals surface area contributed by atoms with E-state index in [0.29, 0.717) is 5.02 Å². The molecule has 0 saturated carbocycles. The molecule has 1 aromatic rings. The van der Waals surface area contributed by atoms with E-state index in [1.54, 1.807) is 6.07 Å². The summed E-state index contributed by atoms with van der Waals surface area (Å²) in [6, 6.07) is 5.69. The van der Waals surface area contributed by atoms with Gasteiger partial charge in [0.2, 0.25) is 0 Å². The van der Waals surface area contributed by atoms with Crippen LogP contribution in [0.4, 0.5) is 0 Å². The van der Waals surface area contributed by atoms with Crippen molar-refractivity contribution in [2.75, 3.05) is 0 Å². The third-order valence-corrected chi connectivity index (χ3v) is 1.64. The third kappa shape index (κ3) is 5.51. The van der Waals surface area contributed by atoms with Gasteiger partial charge in [-0.15, -0.1) is 0 Å². The molecule has 4 nitrogen and oxygen atoms in total. The van der Waals surface area contributed by atoms with Crippen LogP contribution in [0.15, 0.2) is 24.3 Å². The van der Waals surface area contributed by atoms with Gasteiger partial charge in [0.15, 0.2) is 0 Å². The molecule has 0 aliphatic heterocycles. The van der Waals surface area contributed by atoms with Gasteiger partial charge in [0.05, 0.1) is 0 Å². The molecule has 1 aromatic carbocycles. The first-order valence-corrected chi connectivity index (χ1v) is 4.64. The Morgan fingerprint density at radius 3 is 2.46 bits per heavy atom. The van der Waals surface area contributed by atoms with Crippen LogP contribution in [0.3, 0.4) is 0 Å². The third-order valence-electron chi connectivity index (χ3n) is 0.998. The zero-order chi connectivity index (χ0) is 9.19. The maximum absolute atomic E-state index is 10.2. The molecular formula is C6H6ClNaO4S. The fourth-order valence-corrected chi connectivity index (χ4v) is 1.17. The molecule has 1 N–H and O–H groups in total. The Bertz CT molecular complexity index is 378. The van der Waals surface area contributed by atoms with E-state index < -0.39 is 10.4 Å². The molecule has 0 spiro atoms. The second kappa shape index (κ2) is 5.19. The van der Waals surface area contributed by atoms with Crippen molar-refractivity contribution in [3.8, 4) is 5.75 Å². The monoisotopic (exact) mass is 232 g/mol. The summed E-state index contributed by atoms with van der Waals surface area (Å²) in [5, 5.41) is 0.330. The molecule has 0 amide bonds. The first-order valence-electron chi connectivity index (χ1n) is 2.90. The molecule has 0 fully saturated rings. The van der Waals surface area contributed by atoms with E-state index >= 15 is 0 Å². The minimum atomic E-state index is -4.45. The zero-order valence-electron chi connectivity index (χ0n) is 5.77. The van der Waals surface area contributed by atoms with Crippen molar-refractivity contribution in [2.24, 2.45) is 0 Å². The summed E-state index contributed by atoms with van der Waals surface area (Å²) in [5.41, 5.74) is 0. The first kappa shape index (κ1) is 13.2. The van der Waals surface area contributed by atoms with Gasteiger partial charge in [0, 0.05) is 11.1 Å². The van der Waals surface area contributed by atoms with E-state index in [2.05, 4.69) is 4.18 Å². The Labute approximate surface area is 103 Å². The minimum absolute atomic E-state index is 0. The van der Waals surface area contributed by atoms with Crippen LogP contribution < -0.4 is 4.18 Å². The molecule has 0 bridgehead atoms. The molecule has 0 heterocycles. The standard InChI is InChI=1S/C6H5ClO4S.Na.H/c7-5-2-1-3-6(4-5)11-12(8,9)10;;/h1-4H,(H,8,9,10);;. The van der Waals surface area contributed by atoms with Crippen molar-refractivity contribution >= 4 is 51.6 Å². The molecule has 0 radical (unpaired) electrons. The molecule has 1 rings (SSSR count). The molecule has 0 atom stereocenters. The zero-order valence-corrected chi connectivity index (χ0v) is 7.34. The van der Waals surface area contributed by atoms with E-state index in [1.165, 1.54) is 18.2 Å². The Morgan fingerprint density at radius 2 is 2.00 bits per heavy atom. The average Bonchev–Trinajstić information content (AvgIpc) is 1.82. The first-order chi connectivity index (χ1) is 5.47. The second-order valence-electron chi connectivity index (χ2n) is 1.97. The van der Waals surface area contributed by atoms with Crippen LogP contribution in [0.5, 0.6) is 5.75 Å². The van der Waals surface area contributed by atoms with Gasteiger partial charge in [-0.3, -0.25) is 4.55 Å². The number of benzene rings is 1. The molecular weight excluding hydrogens is 227 g/mol. The fourth-order valence-electron chi connectivity index (χ4n) is 0.640. The van der Waals surface area contributed by atoms with Gasteiger partial charge < -0.3 is 4.18 Å². The number of hydrogen-bond donors (Lipinski definition) is 1. The van der Waals surface area contributed by atoms with Crippen LogP contribution in [0.2, 0.25) is 5.02 Å². The molecule has 0 aromatic heterocycles. The van der Waals surface area contributed by atoms with Gasteiger partial charge in [-0.05, 0) is 12.1 Å². The topological polar surface area (TPSA) is 63.6 Å².